The van der Waals surface area contributed by atoms with E-state index in [-0.39, 0.29) is 17.9 Å². The lowest BCUT2D eigenvalue weighted by Gasteiger charge is -2.39. The molecular formula is C25H23ClN6O2. The molecule has 1 aliphatic heterocycles. The first kappa shape index (κ1) is 22.0. The van der Waals surface area contributed by atoms with Crippen molar-refractivity contribution in [1.29, 1.82) is 0 Å². The molecule has 172 valence electrons. The fourth-order valence-corrected chi connectivity index (χ4v) is 4.56. The summed E-state index contributed by atoms with van der Waals surface area (Å²) in [6.07, 6.45) is 1.60. The predicted molar refractivity (Wildman–Crippen MR) is 130 cm³/mol. The molecule has 1 atom stereocenters. The SMILES string of the molecule is C[C@@H]1CN(C(=O)c2ccc3c(Cl)cc(-c4ccccc4)nc3c2)CCN1C(=O)c1cn(C)nn1. The Hall–Kier alpha value is -3.78. The molecule has 0 spiro atoms. The molecule has 0 aliphatic carbocycles. The van der Waals surface area contributed by atoms with Crippen LogP contribution in [0.15, 0.2) is 60.8 Å². The minimum Gasteiger partial charge on any atom is -0.335 e. The summed E-state index contributed by atoms with van der Waals surface area (Å²) in [4.78, 5) is 34.4. The lowest BCUT2D eigenvalue weighted by atomic mass is 10.1. The number of amides is 2. The quantitative estimate of drug-likeness (QED) is 0.452. The highest BCUT2D eigenvalue weighted by Gasteiger charge is 2.32. The van der Waals surface area contributed by atoms with E-state index >= 15 is 0 Å². The second-order valence-corrected chi connectivity index (χ2v) is 8.87. The molecule has 1 saturated heterocycles. The standard InChI is InChI=1S/C25H23ClN6O2/c1-16-14-31(10-11-32(16)25(34)23-15-30(2)29-28-23)24(33)18-8-9-19-20(26)13-21(27-22(19)12-18)17-6-4-3-5-7-17/h3-9,12-13,15-16H,10-11,14H2,1-2H3/t16-/m1/s1. The maximum atomic E-state index is 13.3. The van der Waals surface area contributed by atoms with Crippen LogP contribution in [0.25, 0.3) is 22.2 Å². The number of fused-ring (bicyclic) bond motifs is 1. The monoisotopic (exact) mass is 474 g/mol. The number of benzene rings is 2. The molecule has 2 aromatic heterocycles. The van der Waals surface area contributed by atoms with Gasteiger partial charge in [0.2, 0.25) is 0 Å². The summed E-state index contributed by atoms with van der Waals surface area (Å²) in [7, 11) is 1.72. The molecule has 9 heteroatoms. The third-order valence-corrected chi connectivity index (χ3v) is 6.39. The third-order valence-electron chi connectivity index (χ3n) is 6.07. The van der Waals surface area contributed by atoms with Crippen LogP contribution in [0.1, 0.15) is 27.8 Å². The van der Waals surface area contributed by atoms with Gasteiger partial charge in [0.15, 0.2) is 5.69 Å². The summed E-state index contributed by atoms with van der Waals surface area (Å²) in [5.74, 6) is -0.269. The summed E-state index contributed by atoms with van der Waals surface area (Å²) >= 11 is 6.53. The van der Waals surface area contributed by atoms with Crippen LogP contribution in [0, 0.1) is 0 Å². The summed E-state index contributed by atoms with van der Waals surface area (Å²) in [6.45, 7) is 3.23. The second-order valence-electron chi connectivity index (χ2n) is 8.46. The Labute approximate surface area is 201 Å². The van der Waals surface area contributed by atoms with Crippen molar-refractivity contribution >= 4 is 34.3 Å². The van der Waals surface area contributed by atoms with E-state index in [1.807, 2.05) is 49.4 Å². The van der Waals surface area contributed by atoms with E-state index in [4.69, 9.17) is 16.6 Å². The van der Waals surface area contributed by atoms with Gasteiger partial charge >= 0.3 is 0 Å². The highest BCUT2D eigenvalue weighted by atomic mass is 35.5. The highest BCUT2D eigenvalue weighted by Crippen LogP contribution is 2.29. The largest absolute Gasteiger partial charge is 0.335 e. The molecule has 8 nitrogen and oxygen atoms in total. The number of hydrogen-bond acceptors (Lipinski definition) is 5. The molecule has 0 unspecified atom stereocenters. The van der Waals surface area contributed by atoms with E-state index in [0.717, 1.165) is 16.6 Å². The van der Waals surface area contributed by atoms with Gasteiger partial charge in [-0.05, 0) is 25.1 Å². The van der Waals surface area contributed by atoms with Gasteiger partial charge in [-0.1, -0.05) is 53.2 Å². The number of rotatable bonds is 3. The van der Waals surface area contributed by atoms with Crippen LogP contribution in [0.3, 0.4) is 0 Å². The summed E-state index contributed by atoms with van der Waals surface area (Å²) in [5.41, 5.74) is 3.23. The second kappa shape index (κ2) is 8.87. The van der Waals surface area contributed by atoms with Gasteiger partial charge in [0.25, 0.3) is 11.8 Å². The zero-order valence-electron chi connectivity index (χ0n) is 18.8. The zero-order chi connectivity index (χ0) is 23.8. The average molecular weight is 475 g/mol. The van der Waals surface area contributed by atoms with Gasteiger partial charge in [0.1, 0.15) is 0 Å². The minimum absolute atomic E-state index is 0.0941. The summed E-state index contributed by atoms with van der Waals surface area (Å²) < 4.78 is 1.50. The van der Waals surface area contributed by atoms with Crippen molar-refractivity contribution in [3.05, 3.63) is 77.1 Å². The van der Waals surface area contributed by atoms with E-state index in [0.29, 0.717) is 41.4 Å². The van der Waals surface area contributed by atoms with Crippen LogP contribution in [0.4, 0.5) is 0 Å². The molecular weight excluding hydrogens is 452 g/mol. The zero-order valence-corrected chi connectivity index (χ0v) is 19.6. The van der Waals surface area contributed by atoms with Crippen LogP contribution in [0.5, 0.6) is 0 Å². The topological polar surface area (TPSA) is 84.2 Å². The van der Waals surface area contributed by atoms with E-state index < -0.39 is 0 Å². The molecule has 2 aromatic carbocycles. The van der Waals surface area contributed by atoms with Crippen LogP contribution < -0.4 is 0 Å². The average Bonchev–Trinajstić information content (AvgIpc) is 3.29. The van der Waals surface area contributed by atoms with Crippen LogP contribution in [-0.2, 0) is 7.05 Å². The van der Waals surface area contributed by atoms with Crippen molar-refractivity contribution in [2.24, 2.45) is 7.05 Å². The molecule has 3 heterocycles. The molecule has 34 heavy (non-hydrogen) atoms. The van der Waals surface area contributed by atoms with Crippen LogP contribution in [-0.4, -0.2) is 67.3 Å². The molecule has 1 fully saturated rings. The Morgan fingerprint density at radius 1 is 1.03 bits per heavy atom. The lowest BCUT2D eigenvalue weighted by Crippen LogP contribution is -2.55. The number of aryl methyl sites for hydroxylation is 1. The van der Waals surface area contributed by atoms with Gasteiger partial charge in [0, 0.05) is 49.2 Å². The van der Waals surface area contributed by atoms with Crippen molar-refractivity contribution in [1.82, 2.24) is 29.8 Å². The molecule has 0 N–H and O–H groups in total. The van der Waals surface area contributed by atoms with Crippen LogP contribution >= 0.6 is 11.6 Å². The molecule has 2 amide bonds. The van der Waals surface area contributed by atoms with E-state index in [1.54, 1.807) is 35.2 Å². The van der Waals surface area contributed by atoms with Crippen molar-refractivity contribution in [2.45, 2.75) is 13.0 Å². The normalized spacial score (nSPS) is 16.1. The van der Waals surface area contributed by atoms with Gasteiger partial charge in [-0.15, -0.1) is 5.10 Å². The van der Waals surface area contributed by atoms with Crippen molar-refractivity contribution in [3.8, 4) is 11.3 Å². The number of carbonyl (C=O) groups is 2. The van der Waals surface area contributed by atoms with Gasteiger partial charge in [-0.25, -0.2) is 4.98 Å². The Balaban J connectivity index is 1.36. The van der Waals surface area contributed by atoms with Crippen molar-refractivity contribution in [3.63, 3.8) is 0 Å². The molecule has 1 aliphatic rings. The van der Waals surface area contributed by atoms with Crippen molar-refractivity contribution < 1.29 is 9.59 Å². The molecule has 5 rings (SSSR count). The number of nitrogens with zero attached hydrogens (tertiary/aromatic N) is 6. The first-order chi connectivity index (χ1) is 16.4. The first-order valence-corrected chi connectivity index (χ1v) is 11.4. The fraction of sp³-hybridized carbons (Fsp3) is 0.240. The highest BCUT2D eigenvalue weighted by molar-refractivity contribution is 6.35. The number of carbonyl (C=O) groups excluding carboxylic acids is 2. The van der Waals surface area contributed by atoms with E-state index in [2.05, 4.69) is 10.3 Å². The molecule has 4 aromatic rings. The summed E-state index contributed by atoms with van der Waals surface area (Å²) in [6, 6.07) is 16.9. The van der Waals surface area contributed by atoms with Gasteiger partial charge in [0.05, 0.1) is 22.4 Å². The lowest BCUT2D eigenvalue weighted by molar-refractivity contribution is 0.0411. The molecule has 0 radical (unpaired) electrons. The predicted octanol–water partition coefficient (Wildman–Crippen LogP) is 3.67. The fourth-order valence-electron chi connectivity index (χ4n) is 4.29. The minimum atomic E-state index is -0.175. The van der Waals surface area contributed by atoms with Crippen molar-refractivity contribution in [2.75, 3.05) is 19.6 Å². The van der Waals surface area contributed by atoms with Gasteiger partial charge in [-0.3, -0.25) is 14.3 Å². The Morgan fingerprint density at radius 3 is 2.53 bits per heavy atom. The number of pyridine rings is 1. The maximum Gasteiger partial charge on any atom is 0.276 e. The third kappa shape index (κ3) is 4.12. The summed E-state index contributed by atoms with van der Waals surface area (Å²) in [5, 5.41) is 9.14. The Bertz CT molecular complexity index is 1390. The Morgan fingerprint density at radius 2 is 1.82 bits per heavy atom. The van der Waals surface area contributed by atoms with E-state index in [9.17, 15) is 9.59 Å². The van der Waals surface area contributed by atoms with E-state index in [1.165, 1.54) is 4.68 Å². The number of hydrogen-bond donors (Lipinski definition) is 0. The van der Waals surface area contributed by atoms with Gasteiger partial charge in [-0.2, -0.15) is 0 Å². The number of piperazine rings is 1. The molecule has 0 saturated carbocycles. The number of aromatic nitrogens is 4. The smallest absolute Gasteiger partial charge is 0.276 e. The maximum absolute atomic E-state index is 13.3. The van der Waals surface area contributed by atoms with Crippen LogP contribution in [0.2, 0.25) is 5.02 Å². The van der Waals surface area contributed by atoms with Gasteiger partial charge < -0.3 is 9.80 Å². The molecule has 0 bridgehead atoms. The Kier molecular flexibility index (Phi) is 5.75. The first-order valence-electron chi connectivity index (χ1n) is 11.0. The number of halogens is 1.